The second kappa shape index (κ2) is 5.68. The maximum Gasteiger partial charge on any atom is 0.252 e. The van der Waals surface area contributed by atoms with Crippen LogP contribution in [0.5, 0.6) is 5.75 Å². The van der Waals surface area contributed by atoms with E-state index in [4.69, 9.17) is 10.5 Å². The van der Waals surface area contributed by atoms with Crippen LogP contribution in [0.3, 0.4) is 0 Å². The van der Waals surface area contributed by atoms with Crippen LogP contribution >= 0.6 is 0 Å². The Bertz CT molecular complexity index is 400. The van der Waals surface area contributed by atoms with Crippen LogP contribution in [-0.2, 0) is 6.42 Å². The zero-order valence-corrected chi connectivity index (χ0v) is 10.4. The summed E-state index contributed by atoms with van der Waals surface area (Å²) in [6, 6.07) is 5.20. The van der Waals surface area contributed by atoms with Gasteiger partial charge in [0.15, 0.2) is 0 Å². The number of rotatable bonds is 5. The molecule has 0 aliphatic carbocycles. The number of ether oxygens (including phenoxy) is 1. The fourth-order valence-electron chi connectivity index (χ4n) is 1.63. The molecule has 1 rings (SSSR count). The lowest BCUT2D eigenvalue weighted by molar-refractivity contribution is 0.0993. The number of aliphatic hydroxyl groups excluding tert-OH is 1. The van der Waals surface area contributed by atoms with Gasteiger partial charge in [-0.05, 0) is 32.4 Å². The molecule has 0 aliphatic heterocycles. The van der Waals surface area contributed by atoms with E-state index in [-0.39, 0.29) is 6.10 Å². The highest BCUT2D eigenvalue weighted by atomic mass is 16.5. The van der Waals surface area contributed by atoms with Crippen molar-refractivity contribution in [3.05, 3.63) is 29.3 Å². The first-order valence-corrected chi connectivity index (χ1v) is 5.68. The van der Waals surface area contributed by atoms with Gasteiger partial charge < -0.3 is 15.6 Å². The summed E-state index contributed by atoms with van der Waals surface area (Å²) < 4.78 is 5.63. The third-order valence-electron chi connectivity index (χ3n) is 2.23. The van der Waals surface area contributed by atoms with E-state index in [0.29, 0.717) is 17.7 Å². The van der Waals surface area contributed by atoms with E-state index < -0.39 is 12.0 Å². The Morgan fingerprint density at radius 1 is 1.41 bits per heavy atom. The zero-order valence-electron chi connectivity index (χ0n) is 10.4. The van der Waals surface area contributed by atoms with Crippen molar-refractivity contribution in [2.24, 2.45) is 5.73 Å². The fraction of sp³-hybridized carbons (Fsp3) is 0.462. The molecule has 0 spiro atoms. The van der Waals surface area contributed by atoms with Gasteiger partial charge in [-0.15, -0.1) is 0 Å². The maximum atomic E-state index is 11.3. The van der Waals surface area contributed by atoms with Gasteiger partial charge in [0.25, 0.3) is 5.91 Å². The lowest BCUT2D eigenvalue weighted by Crippen LogP contribution is -2.18. The Labute approximate surface area is 101 Å². The topological polar surface area (TPSA) is 72.6 Å². The van der Waals surface area contributed by atoms with Crippen LogP contribution in [0.1, 0.15) is 36.7 Å². The van der Waals surface area contributed by atoms with Gasteiger partial charge in [-0.25, -0.2) is 0 Å². The Morgan fingerprint density at radius 3 is 2.53 bits per heavy atom. The van der Waals surface area contributed by atoms with Crippen LogP contribution in [0.15, 0.2) is 18.2 Å². The molecule has 0 heterocycles. The number of para-hydroxylation sites is 1. The molecule has 0 saturated carbocycles. The highest BCUT2D eigenvalue weighted by Gasteiger charge is 2.16. The highest BCUT2D eigenvalue weighted by molar-refractivity contribution is 5.96. The smallest absolute Gasteiger partial charge is 0.252 e. The molecule has 17 heavy (non-hydrogen) atoms. The fourth-order valence-corrected chi connectivity index (χ4v) is 1.63. The number of aliphatic hydroxyl groups is 1. The average molecular weight is 237 g/mol. The Balaban J connectivity index is 3.18. The number of primary amides is 1. The largest absolute Gasteiger partial charge is 0.490 e. The van der Waals surface area contributed by atoms with E-state index in [0.717, 1.165) is 5.56 Å². The van der Waals surface area contributed by atoms with Crippen LogP contribution < -0.4 is 10.5 Å². The van der Waals surface area contributed by atoms with Crippen molar-refractivity contribution in [3.8, 4) is 5.75 Å². The normalized spacial score (nSPS) is 12.5. The number of carbonyl (C=O) groups is 1. The lowest BCUT2D eigenvalue weighted by atomic mass is 10.0. The number of hydrogen-bond donors (Lipinski definition) is 2. The summed E-state index contributed by atoms with van der Waals surface area (Å²) in [5, 5.41) is 9.42. The number of carbonyl (C=O) groups excluding carboxylic acids is 1. The molecule has 1 atom stereocenters. The average Bonchev–Trinajstić information content (AvgIpc) is 2.18. The van der Waals surface area contributed by atoms with Crippen LogP contribution in [0.2, 0.25) is 0 Å². The van der Waals surface area contributed by atoms with Crippen molar-refractivity contribution < 1.29 is 14.6 Å². The van der Waals surface area contributed by atoms with Gasteiger partial charge in [0.05, 0.1) is 17.8 Å². The summed E-state index contributed by atoms with van der Waals surface area (Å²) in [4.78, 5) is 11.3. The van der Waals surface area contributed by atoms with Crippen LogP contribution in [0, 0.1) is 0 Å². The molecule has 0 bridgehead atoms. The quantitative estimate of drug-likeness (QED) is 0.815. The van der Waals surface area contributed by atoms with E-state index in [1.165, 1.54) is 0 Å². The van der Waals surface area contributed by atoms with E-state index in [1.807, 2.05) is 19.9 Å². The monoisotopic (exact) mass is 237 g/mol. The van der Waals surface area contributed by atoms with Gasteiger partial charge in [0.1, 0.15) is 5.75 Å². The molecule has 94 valence electrons. The molecule has 0 aromatic heterocycles. The predicted molar refractivity (Wildman–Crippen MR) is 66.1 cm³/mol. The van der Waals surface area contributed by atoms with Crippen LogP contribution in [-0.4, -0.2) is 23.2 Å². The number of nitrogens with two attached hydrogens (primary N) is 1. The molecule has 3 N–H and O–H groups in total. The van der Waals surface area contributed by atoms with Crippen LogP contribution in [0.4, 0.5) is 0 Å². The first kappa shape index (κ1) is 13.5. The molecule has 1 amide bonds. The van der Waals surface area contributed by atoms with Crippen LogP contribution in [0.25, 0.3) is 0 Å². The van der Waals surface area contributed by atoms with Crippen molar-refractivity contribution in [2.45, 2.75) is 39.4 Å². The minimum atomic E-state index is -0.520. The van der Waals surface area contributed by atoms with Crippen molar-refractivity contribution in [1.82, 2.24) is 0 Å². The summed E-state index contributed by atoms with van der Waals surface area (Å²) in [5.74, 6) is -0.0380. The Morgan fingerprint density at radius 2 is 2.06 bits per heavy atom. The molecule has 0 fully saturated rings. The van der Waals surface area contributed by atoms with Gasteiger partial charge >= 0.3 is 0 Å². The standard InChI is InChI=1S/C13H19NO3/c1-8(2)17-12-10(7-9(3)15)5-4-6-11(12)13(14)16/h4-6,8-9,15H,7H2,1-3H3,(H2,14,16)/t9-/m0/s1. The minimum Gasteiger partial charge on any atom is -0.490 e. The van der Waals surface area contributed by atoms with Gasteiger partial charge in [0, 0.05) is 6.42 Å². The number of benzene rings is 1. The third kappa shape index (κ3) is 3.75. The summed E-state index contributed by atoms with van der Waals surface area (Å²) in [6.07, 6.45) is -0.112. The predicted octanol–water partition coefficient (Wildman–Crippen LogP) is 1.50. The molecule has 0 radical (unpaired) electrons. The third-order valence-corrected chi connectivity index (χ3v) is 2.23. The van der Waals surface area contributed by atoms with Gasteiger partial charge in [-0.2, -0.15) is 0 Å². The van der Waals surface area contributed by atoms with E-state index in [1.54, 1.807) is 19.1 Å². The summed E-state index contributed by atoms with van der Waals surface area (Å²) in [7, 11) is 0. The second-order valence-corrected chi connectivity index (χ2v) is 4.38. The first-order chi connectivity index (χ1) is 7.91. The summed E-state index contributed by atoms with van der Waals surface area (Å²) >= 11 is 0. The molecule has 0 aliphatic rings. The lowest BCUT2D eigenvalue weighted by Gasteiger charge is -2.17. The number of hydrogen-bond acceptors (Lipinski definition) is 3. The molecular weight excluding hydrogens is 218 g/mol. The van der Waals surface area contributed by atoms with Gasteiger partial charge in [-0.3, -0.25) is 4.79 Å². The van der Waals surface area contributed by atoms with E-state index >= 15 is 0 Å². The van der Waals surface area contributed by atoms with E-state index in [2.05, 4.69) is 0 Å². The van der Waals surface area contributed by atoms with E-state index in [9.17, 15) is 9.90 Å². The summed E-state index contributed by atoms with van der Waals surface area (Å²) in [6.45, 7) is 5.45. The minimum absolute atomic E-state index is 0.0525. The molecule has 4 nitrogen and oxygen atoms in total. The first-order valence-electron chi connectivity index (χ1n) is 5.68. The van der Waals surface area contributed by atoms with Crippen molar-refractivity contribution in [3.63, 3.8) is 0 Å². The SMILES string of the molecule is CC(C)Oc1c(C[C@H](C)O)cccc1C(N)=O. The van der Waals surface area contributed by atoms with Gasteiger partial charge in [0.2, 0.25) is 0 Å². The molecular formula is C13H19NO3. The molecule has 4 heteroatoms. The Hall–Kier alpha value is -1.55. The maximum absolute atomic E-state index is 11.3. The molecule has 0 saturated heterocycles. The van der Waals surface area contributed by atoms with Crippen molar-refractivity contribution in [1.29, 1.82) is 0 Å². The Kier molecular flexibility index (Phi) is 4.52. The molecule has 0 unspecified atom stereocenters. The zero-order chi connectivity index (χ0) is 13.0. The molecule has 1 aromatic rings. The van der Waals surface area contributed by atoms with Crippen molar-refractivity contribution >= 4 is 5.91 Å². The second-order valence-electron chi connectivity index (χ2n) is 4.38. The summed E-state index contributed by atoms with van der Waals surface area (Å²) in [5.41, 5.74) is 6.46. The van der Waals surface area contributed by atoms with Gasteiger partial charge in [-0.1, -0.05) is 12.1 Å². The van der Waals surface area contributed by atoms with Crippen molar-refractivity contribution in [2.75, 3.05) is 0 Å². The highest BCUT2D eigenvalue weighted by Crippen LogP contribution is 2.26. The number of amides is 1. The molecule has 1 aromatic carbocycles.